The summed E-state index contributed by atoms with van der Waals surface area (Å²) in [5.41, 5.74) is 3.80. The third-order valence-electron chi connectivity index (χ3n) is 5.62. The SMILES string of the molecule is CC(C)(C)N(CC(=O)O)C(=O)c1cnc(NC(=O)OCC2c3ccccc3-c3ccccc32)s1. The van der Waals surface area contributed by atoms with Gasteiger partial charge < -0.3 is 14.7 Å². The van der Waals surface area contributed by atoms with Crippen molar-refractivity contribution in [3.05, 3.63) is 70.7 Å². The van der Waals surface area contributed by atoms with Gasteiger partial charge in [0.05, 0.1) is 6.20 Å². The Kier molecular flexibility index (Phi) is 6.39. The summed E-state index contributed by atoms with van der Waals surface area (Å²) >= 11 is 0.969. The van der Waals surface area contributed by atoms with Crippen LogP contribution in [0.4, 0.5) is 9.93 Å². The number of amides is 2. The molecular weight excluding hydrogens is 454 g/mol. The number of carboxylic acids is 1. The van der Waals surface area contributed by atoms with Gasteiger partial charge in [0.2, 0.25) is 0 Å². The van der Waals surface area contributed by atoms with Crippen LogP contribution < -0.4 is 5.32 Å². The summed E-state index contributed by atoms with van der Waals surface area (Å²) < 4.78 is 5.51. The molecule has 2 N–H and O–H groups in total. The normalized spacial score (nSPS) is 12.6. The summed E-state index contributed by atoms with van der Waals surface area (Å²) in [6.45, 7) is 4.99. The predicted octanol–water partition coefficient (Wildman–Crippen LogP) is 4.83. The van der Waals surface area contributed by atoms with E-state index in [1.54, 1.807) is 20.8 Å². The fourth-order valence-electron chi connectivity index (χ4n) is 4.03. The molecule has 4 rings (SSSR count). The summed E-state index contributed by atoms with van der Waals surface area (Å²) in [6, 6.07) is 16.1. The quantitative estimate of drug-likeness (QED) is 0.524. The highest BCUT2D eigenvalue weighted by Gasteiger charge is 2.31. The van der Waals surface area contributed by atoms with E-state index in [1.165, 1.54) is 11.1 Å². The maximum atomic E-state index is 12.8. The first kappa shape index (κ1) is 23.4. The number of nitrogens with zero attached hydrogens (tertiary/aromatic N) is 2. The number of aliphatic carboxylic acids is 1. The number of aromatic nitrogens is 1. The highest BCUT2D eigenvalue weighted by molar-refractivity contribution is 7.17. The molecule has 1 heterocycles. The number of hydrogen-bond acceptors (Lipinski definition) is 6. The molecule has 0 spiro atoms. The zero-order valence-electron chi connectivity index (χ0n) is 19.1. The van der Waals surface area contributed by atoms with E-state index in [-0.39, 0.29) is 22.5 Å². The summed E-state index contributed by atoms with van der Waals surface area (Å²) in [4.78, 5) is 42.1. The first-order valence-corrected chi connectivity index (χ1v) is 11.6. The van der Waals surface area contributed by atoms with Crippen LogP contribution in [-0.4, -0.2) is 51.7 Å². The number of hydrogen-bond donors (Lipinski definition) is 2. The number of benzene rings is 2. The third-order valence-corrected chi connectivity index (χ3v) is 6.52. The van der Waals surface area contributed by atoms with Crippen LogP contribution >= 0.6 is 11.3 Å². The van der Waals surface area contributed by atoms with Gasteiger partial charge in [-0.05, 0) is 43.0 Å². The van der Waals surface area contributed by atoms with Gasteiger partial charge in [-0.1, -0.05) is 59.9 Å². The minimum absolute atomic E-state index is 0.0667. The second kappa shape index (κ2) is 9.26. The second-order valence-electron chi connectivity index (χ2n) is 8.94. The van der Waals surface area contributed by atoms with Crippen molar-refractivity contribution >= 4 is 34.4 Å². The largest absolute Gasteiger partial charge is 0.480 e. The van der Waals surface area contributed by atoms with Gasteiger partial charge in [-0.15, -0.1) is 0 Å². The predicted molar refractivity (Wildman–Crippen MR) is 129 cm³/mol. The molecule has 1 aromatic heterocycles. The second-order valence-corrected chi connectivity index (χ2v) is 9.97. The lowest BCUT2D eigenvalue weighted by Crippen LogP contribution is -2.48. The molecule has 0 fully saturated rings. The van der Waals surface area contributed by atoms with E-state index in [0.717, 1.165) is 33.6 Å². The van der Waals surface area contributed by atoms with Crippen LogP contribution in [0.3, 0.4) is 0 Å². The summed E-state index contributed by atoms with van der Waals surface area (Å²) in [5.74, 6) is -1.64. The van der Waals surface area contributed by atoms with Crippen LogP contribution in [0.2, 0.25) is 0 Å². The van der Waals surface area contributed by atoms with Gasteiger partial charge in [-0.2, -0.15) is 0 Å². The van der Waals surface area contributed by atoms with Crippen molar-refractivity contribution in [1.29, 1.82) is 0 Å². The number of fused-ring (bicyclic) bond motifs is 3. The minimum Gasteiger partial charge on any atom is -0.480 e. The van der Waals surface area contributed by atoms with Gasteiger partial charge >= 0.3 is 12.1 Å². The minimum atomic E-state index is -1.11. The number of carboxylic acid groups (broad SMARTS) is 1. The smallest absolute Gasteiger partial charge is 0.413 e. The molecule has 2 amide bonds. The first-order valence-electron chi connectivity index (χ1n) is 10.8. The number of nitrogens with one attached hydrogen (secondary N) is 1. The van der Waals surface area contributed by atoms with Gasteiger partial charge in [0, 0.05) is 11.5 Å². The van der Waals surface area contributed by atoms with Crippen LogP contribution in [-0.2, 0) is 9.53 Å². The van der Waals surface area contributed by atoms with Crippen LogP contribution in [0, 0.1) is 0 Å². The topological polar surface area (TPSA) is 109 Å². The monoisotopic (exact) mass is 479 g/mol. The van der Waals surface area contributed by atoms with Crippen LogP contribution in [0.25, 0.3) is 11.1 Å². The van der Waals surface area contributed by atoms with Crippen molar-refractivity contribution in [2.24, 2.45) is 0 Å². The van der Waals surface area contributed by atoms with Crippen molar-refractivity contribution in [1.82, 2.24) is 9.88 Å². The van der Waals surface area contributed by atoms with Crippen molar-refractivity contribution in [2.75, 3.05) is 18.5 Å². The third kappa shape index (κ3) is 4.79. The average Bonchev–Trinajstić information content (AvgIpc) is 3.37. The Labute approximate surface area is 201 Å². The lowest BCUT2D eigenvalue weighted by molar-refractivity contribution is -0.138. The molecule has 2 aromatic carbocycles. The number of thiazole rings is 1. The Bertz CT molecular complexity index is 1200. The molecule has 0 aliphatic heterocycles. The molecule has 0 radical (unpaired) electrons. The Balaban J connectivity index is 1.41. The molecule has 0 saturated heterocycles. The zero-order chi connectivity index (χ0) is 24.5. The van der Waals surface area contributed by atoms with Gasteiger partial charge in [0.15, 0.2) is 5.13 Å². The standard InChI is InChI=1S/C25H25N3O5S/c1-25(2,3)28(13-21(29)30)22(31)20-12-26-23(34-20)27-24(32)33-14-19-17-10-6-4-8-15(17)16-9-5-7-11-18(16)19/h4-12,19H,13-14H2,1-3H3,(H,29,30)(H,26,27,32). The van der Waals surface area contributed by atoms with E-state index in [0.29, 0.717) is 0 Å². The van der Waals surface area contributed by atoms with Crippen molar-refractivity contribution in [2.45, 2.75) is 32.2 Å². The Hall–Kier alpha value is -3.72. The Morgan fingerprint density at radius 3 is 2.21 bits per heavy atom. The molecule has 8 nitrogen and oxygen atoms in total. The summed E-state index contributed by atoms with van der Waals surface area (Å²) in [7, 11) is 0. The summed E-state index contributed by atoms with van der Waals surface area (Å²) in [5, 5.41) is 11.9. The molecule has 9 heteroatoms. The van der Waals surface area contributed by atoms with Crippen molar-refractivity contribution in [3.63, 3.8) is 0 Å². The van der Waals surface area contributed by atoms with E-state index in [9.17, 15) is 14.4 Å². The summed E-state index contributed by atoms with van der Waals surface area (Å²) in [6.07, 6.45) is 0.653. The molecule has 1 aliphatic carbocycles. The molecule has 176 valence electrons. The molecule has 0 unspecified atom stereocenters. The maximum Gasteiger partial charge on any atom is 0.413 e. The van der Waals surface area contributed by atoms with Crippen molar-refractivity contribution < 1.29 is 24.2 Å². The Morgan fingerprint density at radius 1 is 1.06 bits per heavy atom. The number of carbonyl (C=O) groups is 3. The van der Waals surface area contributed by atoms with Crippen molar-refractivity contribution in [3.8, 4) is 11.1 Å². The highest BCUT2D eigenvalue weighted by Crippen LogP contribution is 2.44. The molecule has 0 saturated carbocycles. The lowest BCUT2D eigenvalue weighted by Gasteiger charge is -2.33. The molecule has 0 atom stereocenters. The number of ether oxygens (including phenoxy) is 1. The van der Waals surface area contributed by atoms with Crippen LogP contribution in [0.15, 0.2) is 54.7 Å². The molecule has 1 aliphatic rings. The first-order chi connectivity index (χ1) is 16.1. The molecular formula is C25H25N3O5S. The van der Waals surface area contributed by atoms with Gasteiger partial charge in [0.1, 0.15) is 18.0 Å². The molecule has 3 aromatic rings. The highest BCUT2D eigenvalue weighted by atomic mass is 32.1. The number of carbonyl (C=O) groups excluding carboxylic acids is 2. The fraction of sp³-hybridized carbons (Fsp3) is 0.280. The molecule has 34 heavy (non-hydrogen) atoms. The average molecular weight is 480 g/mol. The van der Waals surface area contributed by atoms with Crippen LogP contribution in [0.5, 0.6) is 0 Å². The van der Waals surface area contributed by atoms with E-state index in [4.69, 9.17) is 9.84 Å². The lowest BCUT2D eigenvalue weighted by atomic mass is 9.98. The van der Waals surface area contributed by atoms with Crippen LogP contribution in [0.1, 0.15) is 47.5 Å². The van der Waals surface area contributed by atoms with Gasteiger partial charge in [0.25, 0.3) is 5.91 Å². The maximum absolute atomic E-state index is 12.8. The number of rotatable bonds is 6. The molecule has 0 bridgehead atoms. The Morgan fingerprint density at radius 2 is 1.65 bits per heavy atom. The van der Waals surface area contributed by atoms with E-state index in [1.807, 2.05) is 36.4 Å². The van der Waals surface area contributed by atoms with E-state index < -0.39 is 30.1 Å². The van der Waals surface area contributed by atoms with Gasteiger partial charge in [-0.3, -0.25) is 14.9 Å². The van der Waals surface area contributed by atoms with Gasteiger partial charge in [-0.25, -0.2) is 9.78 Å². The van der Waals surface area contributed by atoms with E-state index >= 15 is 0 Å². The fourth-order valence-corrected chi connectivity index (χ4v) is 4.79. The number of anilines is 1. The zero-order valence-corrected chi connectivity index (χ0v) is 19.9. The van der Waals surface area contributed by atoms with E-state index in [2.05, 4.69) is 22.4 Å².